The molecule has 0 N–H and O–H groups in total. The normalized spacial score (nSPS) is 12.2. The highest BCUT2D eigenvalue weighted by Gasteiger charge is 2.24. The lowest BCUT2D eigenvalue weighted by molar-refractivity contribution is 0.668. The van der Waals surface area contributed by atoms with Crippen molar-refractivity contribution in [2.45, 2.75) is 0 Å². The zero-order valence-corrected chi connectivity index (χ0v) is 38.1. The smallest absolute Gasteiger partial charge is 0.145 e. The van der Waals surface area contributed by atoms with Gasteiger partial charge in [-0.05, 0) is 137 Å². The average Bonchev–Trinajstić information content (AvgIpc) is 4.25. The van der Waals surface area contributed by atoms with Crippen molar-refractivity contribution in [1.29, 1.82) is 0 Å². The molecular weight excluding hydrogens is 869 g/mol. The van der Waals surface area contributed by atoms with Gasteiger partial charge in [0.25, 0.3) is 0 Å². The monoisotopic (exact) mass is 906 g/mol. The van der Waals surface area contributed by atoms with Crippen LogP contribution in [-0.2, 0) is 0 Å². The molecule has 0 amide bonds. The molecule has 5 heteroatoms. The van der Waals surface area contributed by atoms with Crippen molar-refractivity contribution in [3.05, 3.63) is 231 Å². The number of hydrogen-bond acceptors (Lipinski definition) is 3. The van der Waals surface area contributed by atoms with E-state index in [-0.39, 0.29) is 0 Å². The summed E-state index contributed by atoms with van der Waals surface area (Å²) >= 11 is 0. The van der Waals surface area contributed by atoms with E-state index < -0.39 is 0 Å². The van der Waals surface area contributed by atoms with Gasteiger partial charge < -0.3 is 22.4 Å². The fourth-order valence-corrected chi connectivity index (χ4v) is 11.7. The molecule has 16 aromatic rings. The Hall–Kier alpha value is -9.58. The second-order valence-corrected chi connectivity index (χ2v) is 18.8. The van der Waals surface area contributed by atoms with E-state index in [1.54, 1.807) is 0 Å². The first-order valence-corrected chi connectivity index (χ1v) is 24.1. The third kappa shape index (κ3) is 5.57. The summed E-state index contributed by atoms with van der Waals surface area (Å²) in [7, 11) is 0. The molecular formula is C66H38N2O3. The van der Waals surface area contributed by atoms with Gasteiger partial charge in [0.05, 0.1) is 32.8 Å². The molecule has 0 saturated carbocycles. The largest absolute Gasteiger partial charge is 0.456 e. The molecule has 330 valence electrons. The van der Waals surface area contributed by atoms with Gasteiger partial charge in [0.1, 0.15) is 33.5 Å². The van der Waals surface area contributed by atoms with Gasteiger partial charge in [0.15, 0.2) is 0 Å². The predicted octanol–water partition coefficient (Wildman–Crippen LogP) is 18.6. The molecule has 0 aliphatic carbocycles. The maximum absolute atomic E-state index is 7.51. The number of aromatic nitrogens is 2. The Morgan fingerprint density at radius 3 is 1.24 bits per heavy atom. The van der Waals surface area contributed by atoms with E-state index in [0.29, 0.717) is 0 Å². The van der Waals surface area contributed by atoms with Crippen LogP contribution in [-0.4, -0.2) is 9.13 Å². The Labute approximate surface area is 405 Å². The molecule has 0 fully saturated rings. The topological polar surface area (TPSA) is 49.3 Å². The van der Waals surface area contributed by atoms with Crippen molar-refractivity contribution in [2.75, 3.05) is 0 Å². The van der Waals surface area contributed by atoms with Crippen LogP contribution in [0.15, 0.2) is 244 Å². The first-order chi connectivity index (χ1) is 35.2. The van der Waals surface area contributed by atoms with Crippen LogP contribution < -0.4 is 0 Å². The molecule has 0 aliphatic rings. The summed E-state index contributed by atoms with van der Waals surface area (Å²) in [5, 5.41) is 11.0. The second kappa shape index (κ2) is 14.5. The van der Waals surface area contributed by atoms with Gasteiger partial charge in [0.2, 0.25) is 0 Å². The summed E-state index contributed by atoms with van der Waals surface area (Å²) in [6, 6.07) is 82.6. The van der Waals surface area contributed by atoms with Crippen LogP contribution in [0.25, 0.3) is 154 Å². The summed E-state index contributed by atoms with van der Waals surface area (Å²) in [5.41, 5.74) is 18.7. The van der Waals surface area contributed by atoms with Gasteiger partial charge in [-0.15, -0.1) is 0 Å². The number of hydrogen-bond donors (Lipinski definition) is 0. The Balaban J connectivity index is 0.966. The van der Waals surface area contributed by atoms with Gasteiger partial charge in [-0.1, -0.05) is 127 Å². The van der Waals surface area contributed by atoms with E-state index in [1.807, 2.05) is 24.3 Å². The van der Waals surface area contributed by atoms with Crippen LogP contribution in [0.3, 0.4) is 0 Å². The lowest BCUT2D eigenvalue weighted by Gasteiger charge is -2.11. The number of benzene rings is 11. The molecule has 0 atom stereocenters. The summed E-state index contributed by atoms with van der Waals surface area (Å²) in [6.07, 6.45) is 0. The standard InChI is InChI=1S/C66H38N2O3/c1-3-12-39(13-4-1)42-22-28-55-53(36-42)63-57(67(55)45-17-11-16-41(34-45)44-24-32-61-51(35-44)47-18-7-9-20-59(47)69-61)30-26-49-50-27-31-58-64(66(50)71-65(49)63)54-37-43(40-14-5-2-6-15-40)23-29-56(54)68(58)46-25-33-62-52(38-46)48-19-8-10-21-60(48)70-62/h1-38H. The van der Waals surface area contributed by atoms with Gasteiger partial charge in [0, 0.05) is 54.5 Å². The zero-order chi connectivity index (χ0) is 46.3. The first-order valence-electron chi connectivity index (χ1n) is 24.1. The highest BCUT2D eigenvalue weighted by molar-refractivity contribution is 6.29. The van der Waals surface area contributed by atoms with E-state index in [2.05, 4.69) is 215 Å². The van der Waals surface area contributed by atoms with Gasteiger partial charge >= 0.3 is 0 Å². The zero-order valence-electron chi connectivity index (χ0n) is 38.1. The van der Waals surface area contributed by atoms with Crippen LogP contribution in [0.2, 0.25) is 0 Å². The van der Waals surface area contributed by atoms with E-state index in [9.17, 15) is 0 Å². The SMILES string of the molecule is c1ccc(-c2ccc3c(c2)c2c4oc5c(ccc6c5c5cc(-c7ccccc7)ccc5n6-c5ccc6oc7ccccc7c6c5)c4ccc2n3-c2cccc(-c3ccc4oc5ccccc5c4c3)c2)cc1. The molecule has 5 nitrogen and oxygen atoms in total. The van der Waals surface area contributed by atoms with Crippen LogP contribution in [0, 0.1) is 0 Å². The fraction of sp³-hybridized carbons (Fsp3) is 0. The van der Waals surface area contributed by atoms with Crippen LogP contribution >= 0.6 is 0 Å². The molecule has 16 rings (SSSR count). The molecule has 11 aromatic carbocycles. The van der Waals surface area contributed by atoms with Crippen molar-refractivity contribution in [1.82, 2.24) is 9.13 Å². The third-order valence-electron chi connectivity index (χ3n) is 14.9. The highest BCUT2D eigenvalue weighted by atomic mass is 16.3. The third-order valence-corrected chi connectivity index (χ3v) is 14.9. The molecule has 5 aromatic heterocycles. The Morgan fingerprint density at radius 2 is 0.648 bits per heavy atom. The summed E-state index contributed by atoms with van der Waals surface area (Å²) < 4.78 is 24.8. The maximum atomic E-state index is 7.51. The second-order valence-electron chi connectivity index (χ2n) is 18.8. The minimum absolute atomic E-state index is 0.872. The van der Waals surface area contributed by atoms with E-state index in [1.165, 1.54) is 11.1 Å². The molecule has 0 radical (unpaired) electrons. The Bertz CT molecular complexity index is 4870. The molecule has 71 heavy (non-hydrogen) atoms. The molecule has 0 saturated heterocycles. The molecule has 0 unspecified atom stereocenters. The number of rotatable bonds is 5. The number of fused-ring (bicyclic) bond motifs is 17. The molecule has 0 bridgehead atoms. The van der Waals surface area contributed by atoms with Crippen molar-refractivity contribution in [2.24, 2.45) is 0 Å². The number of nitrogens with zero attached hydrogens (tertiary/aromatic N) is 2. The van der Waals surface area contributed by atoms with Crippen molar-refractivity contribution in [3.8, 4) is 44.8 Å². The summed E-state index contributed by atoms with van der Waals surface area (Å²) in [5.74, 6) is 0. The van der Waals surface area contributed by atoms with E-state index in [4.69, 9.17) is 13.3 Å². The molecule has 0 aliphatic heterocycles. The highest BCUT2D eigenvalue weighted by Crippen LogP contribution is 2.47. The predicted molar refractivity (Wildman–Crippen MR) is 293 cm³/mol. The number of furan rings is 3. The maximum Gasteiger partial charge on any atom is 0.145 e. The van der Waals surface area contributed by atoms with Crippen LogP contribution in [0.1, 0.15) is 0 Å². The summed E-state index contributed by atoms with van der Waals surface area (Å²) in [4.78, 5) is 0. The number of para-hydroxylation sites is 2. The van der Waals surface area contributed by atoms with Gasteiger partial charge in [-0.2, -0.15) is 0 Å². The van der Waals surface area contributed by atoms with Crippen molar-refractivity contribution in [3.63, 3.8) is 0 Å². The Kier molecular flexibility index (Phi) is 7.82. The lowest BCUT2D eigenvalue weighted by Crippen LogP contribution is -1.94. The quantitative estimate of drug-likeness (QED) is 0.173. The molecule has 5 heterocycles. The minimum Gasteiger partial charge on any atom is -0.456 e. The van der Waals surface area contributed by atoms with Crippen LogP contribution in [0.5, 0.6) is 0 Å². The Morgan fingerprint density at radius 1 is 0.225 bits per heavy atom. The molecule has 0 spiro atoms. The summed E-state index contributed by atoms with van der Waals surface area (Å²) in [6.45, 7) is 0. The van der Waals surface area contributed by atoms with Gasteiger partial charge in [-0.25, -0.2) is 0 Å². The van der Waals surface area contributed by atoms with Crippen molar-refractivity contribution < 1.29 is 13.3 Å². The average molecular weight is 907 g/mol. The fourth-order valence-electron chi connectivity index (χ4n) is 11.7. The minimum atomic E-state index is 0.872. The van der Waals surface area contributed by atoms with E-state index in [0.717, 1.165) is 143 Å². The van der Waals surface area contributed by atoms with Gasteiger partial charge in [-0.3, -0.25) is 0 Å². The lowest BCUT2D eigenvalue weighted by atomic mass is 10.0. The van der Waals surface area contributed by atoms with Crippen molar-refractivity contribution >= 4 is 109 Å². The van der Waals surface area contributed by atoms with E-state index >= 15 is 0 Å². The van der Waals surface area contributed by atoms with Crippen LogP contribution in [0.4, 0.5) is 0 Å². The first kappa shape index (κ1) is 38.4.